The number of aliphatic hydroxyl groups excluding tert-OH is 2. The van der Waals surface area contributed by atoms with Gasteiger partial charge in [-0.15, -0.1) is 0 Å². The molecule has 1 heterocycles. The molecule has 1 unspecified atom stereocenters. The van der Waals surface area contributed by atoms with Crippen LogP contribution in [0, 0.1) is 10.8 Å². The quantitative estimate of drug-likeness (QED) is 0.395. The highest BCUT2D eigenvalue weighted by molar-refractivity contribution is 5.30. The average molecular weight is 281 g/mol. The van der Waals surface area contributed by atoms with Crippen LogP contribution in [0.2, 0.25) is 0 Å². The number of allylic oxidation sites excluding steroid dienone is 3. The minimum absolute atomic E-state index is 0.0310. The highest BCUT2D eigenvalue weighted by Gasteiger charge is 2.37. The molecule has 0 amide bonds. The van der Waals surface area contributed by atoms with Crippen molar-refractivity contribution in [3.8, 4) is 0 Å². The zero-order chi connectivity index (χ0) is 15.8. The van der Waals surface area contributed by atoms with E-state index in [0.29, 0.717) is 17.9 Å². The third-order valence-corrected chi connectivity index (χ3v) is 3.75. The Bertz CT molecular complexity index is 417. The molecular weight excluding hydrogens is 250 g/mol. The van der Waals surface area contributed by atoms with Gasteiger partial charge >= 0.3 is 0 Å². The molecule has 3 nitrogen and oxygen atoms in total. The predicted octanol–water partition coefficient (Wildman–Crippen LogP) is 4.47. The molecule has 1 atom stereocenters. The van der Waals surface area contributed by atoms with E-state index in [1.807, 2.05) is 0 Å². The van der Waals surface area contributed by atoms with Gasteiger partial charge in [0.25, 0.3) is 0 Å². The summed E-state index contributed by atoms with van der Waals surface area (Å²) < 4.78 is 0. The molecule has 20 heavy (non-hydrogen) atoms. The van der Waals surface area contributed by atoms with Gasteiger partial charge in [-0.3, -0.25) is 0 Å². The van der Waals surface area contributed by atoms with E-state index >= 15 is 0 Å². The Balaban J connectivity index is 2.95. The Morgan fingerprint density at radius 1 is 1.20 bits per heavy atom. The van der Waals surface area contributed by atoms with Crippen molar-refractivity contribution in [3.63, 3.8) is 0 Å². The number of hydrogen-bond donors (Lipinski definition) is 3. The molecule has 1 aliphatic rings. The zero-order valence-electron chi connectivity index (χ0n) is 14.1. The molecule has 3 heteroatoms. The van der Waals surface area contributed by atoms with E-state index in [1.54, 1.807) is 13.0 Å². The summed E-state index contributed by atoms with van der Waals surface area (Å²) in [4.78, 5) is 0. The molecule has 0 radical (unpaired) electrons. The van der Waals surface area contributed by atoms with Gasteiger partial charge < -0.3 is 15.5 Å². The Hall–Kier alpha value is -0.960. The number of rotatable bonds is 5. The summed E-state index contributed by atoms with van der Waals surface area (Å²) in [7, 11) is 0. The fraction of sp³-hybridized carbons (Fsp3) is 0.765. The number of aliphatic hydroxyl groups is 2. The molecular formula is C17H31NO2. The standard InChI is InChI=1S/C17H31NO2/c1-12(19)14(16(5,6)10-15(2,3)4)8-13(20)9-17(7)11-18-17/h8,18-20H,9-11H2,1-7H3/b13-8+,14-12-. The van der Waals surface area contributed by atoms with Crippen molar-refractivity contribution in [2.45, 2.75) is 66.8 Å². The van der Waals surface area contributed by atoms with E-state index in [-0.39, 0.29) is 16.4 Å². The van der Waals surface area contributed by atoms with Gasteiger partial charge in [0.15, 0.2) is 0 Å². The van der Waals surface area contributed by atoms with Crippen molar-refractivity contribution < 1.29 is 10.2 Å². The van der Waals surface area contributed by atoms with E-state index in [0.717, 1.165) is 18.5 Å². The molecule has 1 aliphatic heterocycles. The first-order chi connectivity index (χ1) is 8.85. The molecule has 1 saturated heterocycles. The van der Waals surface area contributed by atoms with E-state index in [9.17, 15) is 10.2 Å². The van der Waals surface area contributed by atoms with Gasteiger partial charge in [0.05, 0.1) is 11.5 Å². The average Bonchev–Trinajstić information content (AvgIpc) is 2.87. The van der Waals surface area contributed by atoms with Crippen molar-refractivity contribution in [1.82, 2.24) is 5.32 Å². The highest BCUT2D eigenvalue weighted by Crippen LogP contribution is 2.41. The van der Waals surface area contributed by atoms with Gasteiger partial charge in [0.2, 0.25) is 0 Å². The first-order valence-corrected chi connectivity index (χ1v) is 7.40. The zero-order valence-corrected chi connectivity index (χ0v) is 14.1. The van der Waals surface area contributed by atoms with Crippen LogP contribution in [0.25, 0.3) is 0 Å². The lowest BCUT2D eigenvalue weighted by Crippen LogP contribution is -2.23. The van der Waals surface area contributed by atoms with Crippen LogP contribution in [0.3, 0.4) is 0 Å². The van der Waals surface area contributed by atoms with Gasteiger partial charge in [-0.25, -0.2) is 0 Å². The van der Waals surface area contributed by atoms with Crippen LogP contribution in [-0.2, 0) is 0 Å². The molecule has 1 rings (SSSR count). The second kappa shape index (κ2) is 5.44. The molecule has 0 aromatic heterocycles. The smallest absolute Gasteiger partial charge is 0.0945 e. The molecule has 3 N–H and O–H groups in total. The van der Waals surface area contributed by atoms with E-state index in [2.05, 4.69) is 46.9 Å². The third-order valence-electron chi connectivity index (χ3n) is 3.75. The van der Waals surface area contributed by atoms with Crippen molar-refractivity contribution >= 4 is 0 Å². The van der Waals surface area contributed by atoms with Gasteiger partial charge in [-0.05, 0) is 42.7 Å². The lowest BCUT2D eigenvalue weighted by atomic mass is 9.71. The maximum absolute atomic E-state index is 10.2. The third kappa shape index (κ3) is 5.20. The second-order valence-corrected chi connectivity index (χ2v) is 8.35. The summed E-state index contributed by atoms with van der Waals surface area (Å²) in [5.41, 5.74) is 0.846. The topological polar surface area (TPSA) is 62.4 Å². The summed E-state index contributed by atoms with van der Waals surface area (Å²) in [5.74, 6) is 0.627. The monoisotopic (exact) mass is 281 g/mol. The highest BCUT2D eigenvalue weighted by atomic mass is 16.3. The van der Waals surface area contributed by atoms with Crippen LogP contribution in [0.15, 0.2) is 23.2 Å². The van der Waals surface area contributed by atoms with Crippen LogP contribution >= 0.6 is 0 Å². The SMILES string of the molecule is C/C(O)=C(\C=C(\O)CC1(C)CN1)C(C)(C)CC(C)(C)C. The van der Waals surface area contributed by atoms with Crippen LogP contribution in [0.5, 0.6) is 0 Å². The van der Waals surface area contributed by atoms with Gasteiger partial charge in [-0.2, -0.15) is 0 Å². The summed E-state index contributed by atoms with van der Waals surface area (Å²) >= 11 is 0. The van der Waals surface area contributed by atoms with Gasteiger partial charge in [-0.1, -0.05) is 34.6 Å². The molecule has 0 aromatic rings. The molecule has 0 aromatic carbocycles. The van der Waals surface area contributed by atoms with Crippen molar-refractivity contribution in [1.29, 1.82) is 0 Å². The maximum atomic E-state index is 10.2. The summed E-state index contributed by atoms with van der Waals surface area (Å²) in [6.45, 7) is 15.5. The van der Waals surface area contributed by atoms with Crippen LogP contribution in [0.1, 0.15) is 61.3 Å². The molecule has 116 valence electrons. The minimum Gasteiger partial charge on any atom is -0.512 e. The van der Waals surface area contributed by atoms with Crippen LogP contribution in [0.4, 0.5) is 0 Å². The number of hydrogen-bond acceptors (Lipinski definition) is 3. The summed E-state index contributed by atoms with van der Waals surface area (Å²) in [5, 5.41) is 23.4. The van der Waals surface area contributed by atoms with Crippen molar-refractivity contribution in [2.24, 2.45) is 10.8 Å². The molecule has 1 fully saturated rings. The maximum Gasteiger partial charge on any atom is 0.0945 e. The fourth-order valence-corrected chi connectivity index (χ4v) is 3.10. The Morgan fingerprint density at radius 2 is 1.70 bits per heavy atom. The largest absolute Gasteiger partial charge is 0.512 e. The Morgan fingerprint density at radius 3 is 2.05 bits per heavy atom. The van der Waals surface area contributed by atoms with Gasteiger partial charge in [0, 0.05) is 18.5 Å². The van der Waals surface area contributed by atoms with E-state index in [1.165, 1.54) is 0 Å². The van der Waals surface area contributed by atoms with E-state index < -0.39 is 0 Å². The lowest BCUT2D eigenvalue weighted by molar-refractivity contribution is 0.242. The normalized spacial score (nSPS) is 25.4. The van der Waals surface area contributed by atoms with Crippen molar-refractivity contribution in [2.75, 3.05) is 6.54 Å². The molecule has 0 spiro atoms. The summed E-state index contributed by atoms with van der Waals surface area (Å²) in [6.07, 6.45) is 3.30. The first-order valence-electron chi connectivity index (χ1n) is 7.40. The van der Waals surface area contributed by atoms with E-state index in [4.69, 9.17) is 0 Å². The van der Waals surface area contributed by atoms with Gasteiger partial charge in [0.1, 0.15) is 0 Å². The predicted molar refractivity (Wildman–Crippen MR) is 84.9 cm³/mol. The molecule has 0 bridgehead atoms. The fourth-order valence-electron chi connectivity index (χ4n) is 3.10. The van der Waals surface area contributed by atoms with Crippen LogP contribution in [-0.4, -0.2) is 22.3 Å². The number of nitrogens with one attached hydrogen (secondary N) is 1. The molecule has 0 aliphatic carbocycles. The second-order valence-electron chi connectivity index (χ2n) is 8.35. The summed E-state index contributed by atoms with van der Waals surface area (Å²) in [6, 6.07) is 0. The van der Waals surface area contributed by atoms with Crippen LogP contribution < -0.4 is 5.32 Å². The Kier molecular flexibility index (Phi) is 4.65. The minimum atomic E-state index is -0.178. The van der Waals surface area contributed by atoms with Crippen molar-refractivity contribution in [3.05, 3.63) is 23.2 Å². The Labute approximate surface area is 123 Å². The lowest BCUT2D eigenvalue weighted by Gasteiger charge is -2.34. The first kappa shape index (κ1) is 17.1. The molecule has 0 saturated carbocycles.